The van der Waals surface area contributed by atoms with E-state index in [1.165, 1.54) is 58.7 Å². The summed E-state index contributed by atoms with van der Waals surface area (Å²) in [4.78, 5) is 5.16. The molecule has 2 saturated heterocycles. The van der Waals surface area contributed by atoms with Crippen molar-refractivity contribution in [1.29, 1.82) is 0 Å². The first-order valence-corrected chi connectivity index (χ1v) is 6.06. The smallest absolute Gasteiger partial charge is 0.0195 e. The van der Waals surface area contributed by atoms with Gasteiger partial charge < -0.3 is 10.2 Å². The Bertz CT molecular complexity index is 158. The standard InChI is InChI=1S/C11H23N3/c1-2-13-6-8-14(9-7-13)10-11-4-3-5-12-11/h11-12H,2-10H2,1H3. The highest BCUT2D eigenvalue weighted by Gasteiger charge is 2.20. The summed E-state index contributed by atoms with van der Waals surface area (Å²) in [5.41, 5.74) is 0. The minimum absolute atomic E-state index is 0.781. The van der Waals surface area contributed by atoms with E-state index in [2.05, 4.69) is 22.0 Å². The van der Waals surface area contributed by atoms with Crippen molar-refractivity contribution in [3.8, 4) is 0 Å². The van der Waals surface area contributed by atoms with E-state index >= 15 is 0 Å². The fraction of sp³-hybridized carbons (Fsp3) is 1.00. The van der Waals surface area contributed by atoms with Gasteiger partial charge in [-0.15, -0.1) is 0 Å². The summed E-state index contributed by atoms with van der Waals surface area (Å²) in [7, 11) is 0. The predicted octanol–water partition coefficient (Wildman–Crippen LogP) is 0.376. The van der Waals surface area contributed by atoms with Gasteiger partial charge >= 0.3 is 0 Å². The molecule has 0 aliphatic carbocycles. The average Bonchev–Trinajstić information content (AvgIpc) is 2.72. The monoisotopic (exact) mass is 197 g/mol. The van der Waals surface area contributed by atoms with E-state index in [0.717, 1.165) is 6.04 Å². The van der Waals surface area contributed by atoms with E-state index in [0.29, 0.717) is 0 Å². The molecule has 2 aliphatic heterocycles. The van der Waals surface area contributed by atoms with Gasteiger partial charge in [-0.25, -0.2) is 0 Å². The Morgan fingerprint density at radius 3 is 2.43 bits per heavy atom. The van der Waals surface area contributed by atoms with Crippen molar-refractivity contribution in [2.75, 3.05) is 45.8 Å². The molecule has 0 spiro atoms. The van der Waals surface area contributed by atoms with Gasteiger partial charge in [0.05, 0.1) is 0 Å². The maximum Gasteiger partial charge on any atom is 0.0195 e. The van der Waals surface area contributed by atoms with Gasteiger partial charge in [-0.1, -0.05) is 6.92 Å². The van der Waals surface area contributed by atoms with Gasteiger partial charge in [0.15, 0.2) is 0 Å². The predicted molar refractivity (Wildman–Crippen MR) is 59.6 cm³/mol. The number of rotatable bonds is 3. The largest absolute Gasteiger partial charge is 0.313 e. The van der Waals surface area contributed by atoms with Crippen LogP contribution in [0.2, 0.25) is 0 Å². The highest BCUT2D eigenvalue weighted by Crippen LogP contribution is 2.08. The number of nitrogens with one attached hydrogen (secondary N) is 1. The summed E-state index contributed by atoms with van der Waals surface area (Å²) in [6.45, 7) is 11.1. The number of nitrogens with zero attached hydrogens (tertiary/aromatic N) is 2. The molecule has 2 heterocycles. The second-order valence-electron chi connectivity index (χ2n) is 4.53. The Balaban J connectivity index is 1.67. The van der Waals surface area contributed by atoms with Crippen LogP contribution in [0.3, 0.4) is 0 Å². The van der Waals surface area contributed by atoms with Crippen molar-refractivity contribution in [2.45, 2.75) is 25.8 Å². The lowest BCUT2D eigenvalue weighted by atomic mass is 10.2. The second kappa shape index (κ2) is 5.10. The first kappa shape index (κ1) is 10.4. The van der Waals surface area contributed by atoms with E-state index in [-0.39, 0.29) is 0 Å². The molecule has 0 aromatic carbocycles. The van der Waals surface area contributed by atoms with Crippen molar-refractivity contribution in [2.24, 2.45) is 0 Å². The van der Waals surface area contributed by atoms with E-state index in [1.807, 2.05) is 0 Å². The molecule has 0 bridgehead atoms. The van der Waals surface area contributed by atoms with Crippen LogP contribution in [0.15, 0.2) is 0 Å². The average molecular weight is 197 g/mol. The van der Waals surface area contributed by atoms with Crippen LogP contribution < -0.4 is 5.32 Å². The maximum absolute atomic E-state index is 3.57. The van der Waals surface area contributed by atoms with Crippen molar-refractivity contribution in [1.82, 2.24) is 15.1 Å². The molecule has 1 unspecified atom stereocenters. The molecule has 82 valence electrons. The first-order chi connectivity index (χ1) is 6.88. The highest BCUT2D eigenvalue weighted by molar-refractivity contribution is 4.80. The normalized spacial score (nSPS) is 31.1. The van der Waals surface area contributed by atoms with Gasteiger partial charge in [-0.05, 0) is 25.9 Å². The lowest BCUT2D eigenvalue weighted by Crippen LogP contribution is -2.49. The molecule has 1 N–H and O–H groups in total. The van der Waals surface area contributed by atoms with Crippen LogP contribution in [-0.4, -0.2) is 61.7 Å². The molecular formula is C11H23N3. The first-order valence-electron chi connectivity index (χ1n) is 6.06. The molecule has 0 aromatic rings. The molecule has 0 amide bonds. The number of hydrogen-bond donors (Lipinski definition) is 1. The fourth-order valence-electron chi connectivity index (χ4n) is 2.51. The van der Waals surface area contributed by atoms with Crippen molar-refractivity contribution < 1.29 is 0 Å². The van der Waals surface area contributed by atoms with Crippen LogP contribution in [0.4, 0.5) is 0 Å². The third-order valence-electron chi connectivity index (χ3n) is 3.55. The SMILES string of the molecule is CCN1CCN(CC2CCCN2)CC1. The molecule has 0 aromatic heterocycles. The number of piperazine rings is 1. The van der Waals surface area contributed by atoms with Crippen molar-refractivity contribution in [3.05, 3.63) is 0 Å². The summed E-state index contributed by atoms with van der Waals surface area (Å²) < 4.78 is 0. The van der Waals surface area contributed by atoms with Gasteiger partial charge in [0.2, 0.25) is 0 Å². The van der Waals surface area contributed by atoms with Crippen LogP contribution in [0.1, 0.15) is 19.8 Å². The zero-order chi connectivity index (χ0) is 9.80. The minimum atomic E-state index is 0.781. The van der Waals surface area contributed by atoms with Gasteiger partial charge in [-0.3, -0.25) is 4.90 Å². The van der Waals surface area contributed by atoms with Crippen molar-refractivity contribution in [3.63, 3.8) is 0 Å². The molecule has 1 atom stereocenters. The molecule has 0 saturated carbocycles. The van der Waals surface area contributed by atoms with Crippen LogP contribution in [0.25, 0.3) is 0 Å². The fourth-order valence-corrected chi connectivity index (χ4v) is 2.51. The third kappa shape index (κ3) is 2.69. The second-order valence-corrected chi connectivity index (χ2v) is 4.53. The van der Waals surface area contributed by atoms with E-state index in [4.69, 9.17) is 0 Å². The van der Waals surface area contributed by atoms with Gasteiger partial charge in [0.1, 0.15) is 0 Å². The molecule has 2 fully saturated rings. The number of hydrogen-bond acceptors (Lipinski definition) is 3. The number of likely N-dealkylation sites (N-methyl/N-ethyl adjacent to an activating group) is 1. The van der Waals surface area contributed by atoms with Gasteiger partial charge in [0.25, 0.3) is 0 Å². The Hall–Kier alpha value is -0.120. The van der Waals surface area contributed by atoms with Crippen molar-refractivity contribution >= 4 is 0 Å². The molecule has 0 radical (unpaired) electrons. The quantitative estimate of drug-likeness (QED) is 0.705. The third-order valence-corrected chi connectivity index (χ3v) is 3.55. The Morgan fingerprint density at radius 1 is 1.14 bits per heavy atom. The summed E-state index contributed by atoms with van der Waals surface area (Å²) in [6.07, 6.45) is 2.76. The maximum atomic E-state index is 3.57. The molecule has 3 heteroatoms. The summed E-state index contributed by atoms with van der Waals surface area (Å²) in [5, 5.41) is 3.57. The molecule has 2 rings (SSSR count). The highest BCUT2D eigenvalue weighted by atomic mass is 15.3. The summed E-state index contributed by atoms with van der Waals surface area (Å²) >= 11 is 0. The van der Waals surface area contributed by atoms with Crippen LogP contribution in [0, 0.1) is 0 Å². The van der Waals surface area contributed by atoms with Gasteiger partial charge in [0, 0.05) is 38.8 Å². The van der Waals surface area contributed by atoms with E-state index in [1.54, 1.807) is 0 Å². The van der Waals surface area contributed by atoms with Crippen LogP contribution >= 0.6 is 0 Å². The zero-order valence-electron chi connectivity index (χ0n) is 9.34. The van der Waals surface area contributed by atoms with Crippen LogP contribution in [0.5, 0.6) is 0 Å². The lowest BCUT2D eigenvalue weighted by Gasteiger charge is -2.35. The summed E-state index contributed by atoms with van der Waals surface area (Å²) in [5.74, 6) is 0. The molecule has 2 aliphatic rings. The van der Waals surface area contributed by atoms with Crippen LogP contribution in [-0.2, 0) is 0 Å². The zero-order valence-corrected chi connectivity index (χ0v) is 9.34. The van der Waals surface area contributed by atoms with Gasteiger partial charge in [-0.2, -0.15) is 0 Å². The Kier molecular flexibility index (Phi) is 3.79. The Labute approximate surface area is 87.4 Å². The summed E-state index contributed by atoms with van der Waals surface area (Å²) in [6, 6.07) is 0.781. The van der Waals surface area contributed by atoms with E-state index < -0.39 is 0 Å². The molecule has 14 heavy (non-hydrogen) atoms. The lowest BCUT2D eigenvalue weighted by molar-refractivity contribution is 0.129. The Morgan fingerprint density at radius 2 is 1.86 bits per heavy atom. The minimum Gasteiger partial charge on any atom is -0.313 e. The topological polar surface area (TPSA) is 18.5 Å². The molecular weight excluding hydrogens is 174 g/mol. The molecule has 3 nitrogen and oxygen atoms in total. The van der Waals surface area contributed by atoms with E-state index in [9.17, 15) is 0 Å².